The molecule has 0 aliphatic rings. The highest BCUT2D eigenvalue weighted by molar-refractivity contribution is 7.99. The van der Waals surface area contributed by atoms with Crippen LogP contribution in [-0.2, 0) is 9.59 Å². The average molecular weight is 275 g/mol. The van der Waals surface area contributed by atoms with Crippen LogP contribution >= 0.6 is 11.8 Å². The van der Waals surface area contributed by atoms with Crippen LogP contribution in [0.5, 0.6) is 0 Å². The van der Waals surface area contributed by atoms with Crippen LogP contribution in [0.4, 0.5) is 0 Å². The number of hydrogen-bond donors (Lipinski definition) is 2. The van der Waals surface area contributed by atoms with E-state index >= 15 is 0 Å². The van der Waals surface area contributed by atoms with Gasteiger partial charge >= 0.3 is 0 Å². The molecule has 2 rings (SSSR count). The molecule has 0 saturated heterocycles. The molecule has 0 bridgehead atoms. The summed E-state index contributed by atoms with van der Waals surface area (Å²) >= 11 is 1.32. The maximum atomic E-state index is 11.4. The number of benzene rings is 1. The number of aromatic nitrogens is 1. The predicted molar refractivity (Wildman–Crippen MR) is 74.4 cm³/mol. The van der Waals surface area contributed by atoms with Gasteiger partial charge in [-0.25, -0.2) is 4.98 Å². The van der Waals surface area contributed by atoms with Crippen molar-refractivity contribution in [2.45, 2.75) is 11.9 Å². The maximum Gasteiger partial charge on any atom is 0.248 e. The van der Waals surface area contributed by atoms with Gasteiger partial charge in [-0.1, -0.05) is 36.0 Å². The molecule has 19 heavy (non-hydrogen) atoms. The summed E-state index contributed by atoms with van der Waals surface area (Å²) < 4.78 is 0. The summed E-state index contributed by atoms with van der Waals surface area (Å²) in [6.45, 7) is 1.33. The second kappa shape index (κ2) is 6.19. The lowest BCUT2D eigenvalue weighted by atomic mass is 10.2. The van der Waals surface area contributed by atoms with E-state index in [0.717, 1.165) is 15.9 Å². The first kappa shape index (κ1) is 13.4. The van der Waals surface area contributed by atoms with Crippen molar-refractivity contribution in [1.82, 2.24) is 15.8 Å². The molecule has 0 fully saturated rings. The fraction of sp³-hybridized carbons (Fsp3) is 0.154. The molecule has 0 unspecified atom stereocenters. The van der Waals surface area contributed by atoms with Gasteiger partial charge < -0.3 is 0 Å². The Labute approximate surface area is 114 Å². The van der Waals surface area contributed by atoms with E-state index in [4.69, 9.17) is 0 Å². The molecule has 5 nitrogen and oxygen atoms in total. The van der Waals surface area contributed by atoms with Gasteiger partial charge in [-0.2, -0.15) is 0 Å². The summed E-state index contributed by atoms with van der Waals surface area (Å²) in [4.78, 5) is 26.5. The highest BCUT2D eigenvalue weighted by Crippen LogP contribution is 2.19. The standard InChI is InChI=1S/C13H13N3O2S/c1-9(17)15-16-12(18)8-19-13-7-6-10-4-2-3-5-11(10)14-13/h2-7H,8H2,1H3,(H,15,17)(H,16,18). The van der Waals surface area contributed by atoms with Crippen molar-refractivity contribution in [2.75, 3.05) is 5.75 Å². The molecule has 0 aliphatic heterocycles. The number of rotatable bonds is 3. The molecule has 6 heteroatoms. The van der Waals surface area contributed by atoms with Crippen molar-refractivity contribution in [3.8, 4) is 0 Å². The van der Waals surface area contributed by atoms with Gasteiger partial charge in [-0.15, -0.1) is 0 Å². The van der Waals surface area contributed by atoms with E-state index < -0.39 is 0 Å². The number of carbonyl (C=O) groups excluding carboxylic acids is 2. The Kier molecular flexibility index (Phi) is 4.35. The Hall–Kier alpha value is -2.08. The van der Waals surface area contributed by atoms with Gasteiger partial charge in [0.25, 0.3) is 0 Å². The summed E-state index contributed by atoms with van der Waals surface area (Å²) in [5, 5.41) is 1.84. The summed E-state index contributed by atoms with van der Waals surface area (Å²) in [6, 6.07) is 11.6. The van der Waals surface area contributed by atoms with Crippen LogP contribution in [0.2, 0.25) is 0 Å². The average Bonchev–Trinajstić information content (AvgIpc) is 2.42. The van der Waals surface area contributed by atoms with Crippen LogP contribution in [0, 0.1) is 0 Å². The van der Waals surface area contributed by atoms with Gasteiger partial charge in [0, 0.05) is 12.3 Å². The van der Waals surface area contributed by atoms with E-state index in [1.54, 1.807) is 0 Å². The zero-order chi connectivity index (χ0) is 13.7. The highest BCUT2D eigenvalue weighted by atomic mass is 32.2. The Morgan fingerprint density at radius 2 is 1.95 bits per heavy atom. The third kappa shape index (κ3) is 3.96. The second-order valence-electron chi connectivity index (χ2n) is 3.86. The quantitative estimate of drug-likeness (QED) is 0.657. The number of hydrogen-bond acceptors (Lipinski definition) is 4. The van der Waals surface area contributed by atoms with Gasteiger partial charge in [0.1, 0.15) is 0 Å². The lowest BCUT2D eigenvalue weighted by Crippen LogP contribution is -2.41. The summed E-state index contributed by atoms with van der Waals surface area (Å²) in [7, 11) is 0. The molecule has 1 aromatic carbocycles. The SMILES string of the molecule is CC(=O)NNC(=O)CSc1ccc2ccccc2n1. The minimum Gasteiger partial charge on any atom is -0.274 e. The Morgan fingerprint density at radius 3 is 2.74 bits per heavy atom. The van der Waals surface area contributed by atoms with Crippen molar-refractivity contribution in [3.05, 3.63) is 36.4 Å². The largest absolute Gasteiger partial charge is 0.274 e. The number of nitrogens with zero attached hydrogens (tertiary/aromatic N) is 1. The van der Waals surface area contributed by atoms with Gasteiger partial charge in [0.05, 0.1) is 16.3 Å². The third-order valence-corrected chi connectivity index (χ3v) is 3.23. The number of hydrazine groups is 1. The van der Waals surface area contributed by atoms with E-state index in [-0.39, 0.29) is 17.6 Å². The molecule has 0 radical (unpaired) electrons. The highest BCUT2D eigenvalue weighted by Gasteiger charge is 2.04. The van der Waals surface area contributed by atoms with Crippen molar-refractivity contribution in [2.24, 2.45) is 0 Å². The Bertz CT molecular complexity index is 616. The lowest BCUT2D eigenvalue weighted by molar-refractivity contribution is -0.126. The molecule has 98 valence electrons. The molecule has 2 aromatic rings. The summed E-state index contributed by atoms with van der Waals surface area (Å²) in [6.07, 6.45) is 0. The fourth-order valence-electron chi connectivity index (χ4n) is 1.46. The van der Waals surface area contributed by atoms with Crippen LogP contribution in [0.3, 0.4) is 0 Å². The van der Waals surface area contributed by atoms with E-state index in [1.807, 2.05) is 36.4 Å². The third-order valence-electron chi connectivity index (χ3n) is 2.30. The van der Waals surface area contributed by atoms with Gasteiger partial charge in [0.2, 0.25) is 11.8 Å². The van der Waals surface area contributed by atoms with Crippen molar-refractivity contribution >= 4 is 34.5 Å². The zero-order valence-corrected chi connectivity index (χ0v) is 11.2. The van der Waals surface area contributed by atoms with Gasteiger partial charge in [-0.05, 0) is 12.1 Å². The number of nitrogens with one attached hydrogen (secondary N) is 2. The molecule has 0 saturated carbocycles. The molecule has 0 atom stereocenters. The summed E-state index contributed by atoms with van der Waals surface area (Å²) in [5.74, 6) is -0.372. The smallest absolute Gasteiger partial charge is 0.248 e. The number of fused-ring (bicyclic) bond motifs is 1. The first-order valence-electron chi connectivity index (χ1n) is 5.69. The fourth-order valence-corrected chi connectivity index (χ4v) is 2.14. The van der Waals surface area contributed by atoms with Gasteiger partial charge in [0.15, 0.2) is 0 Å². The molecule has 1 aromatic heterocycles. The maximum absolute atomic E-state index is 11.4. The van der Waals surface area contributed by atoms with Crippen molar-refractivity contribution < 1.29 is 9.59 Å². The van der Waals surface area contributed by atoms with Gasteiger partial charge in [-0.3, -0.25) is 20.4 Å². The predicted octanol–water partition coefficient (Wildman–Crippen LogP) is 1.49. The topological polar surface area (TPSA) is 71.1 Å². The molecule has 0 spiro atoms. The normalized spacial score (nSPS) is 10.2. The number of para-hydroxylation sites is 1. The van der Waals surface area contributed by atoms with Crippen LogP contribution < -0.4 is 10.9 Å². The number of carbonyl (C=O) groups is 2. The van der Waals surface area contributed by atoms with Crippen LogP contribution in [0.25, 0.3) is 10.9 Å². The number of amides is 2. The number of thioether (sulfide) groups is 1. The Morgan fingerprint density at radius 1 is 1.16 bits per heavy atom. The Balaban J connectivity index is 1.94. The molecular weight excluding hydrogens is 262 g/mol. The lowest BCUT2D eigenvalue weighted by Gasteiger charge is -2.05. The zero-order valence-electron chi connectivity index (χ0n) is 10.3. The van der Waals surface area contributed by atoms with E-state index in [1.165, 1.54) is 18.7 Å². The first-order chi connectivity index (χ1) is 9.15. The molecule has 2 amide bonds. The van der Waals surface area contributed by atoms with Crippen molar-refractivity contribution in [1.29, 1.82) is 0 Å². The molecule has 1 heterocycles. The monoisotopic (exact) mass is 275 g/mol. The molecular formula is C13H13N3O2S. The minimum atomic E-state index is -0.304. The molecule has 0 aliphatic carbocycles. The van der Waals surface area contributed by atoms with Crippen molar-refractivity contribution in [3.63, 3.8) is 0 Å². The van der Waals surface area contributed by atoms with E-state index in [0.29, 0.717) is 0 Å². The summed E-state index contributed by atoms with van der Waals surface area (Å²) in [5.41, 5.74) is 5.44. The van der Waals surface area contributed by atoms with E-state index in [9.17, 15) is 9.59 Å². The van der Waals surface area contributed by atoms with Crippen LogP contribution in [0.15, 0.2) is 41.4 Å². The number of pyridine rings is 1. The van der Waals surface area contributed by atoms with E-state index in [2.05, 4.69) is 15.8 Å². The minimum absolute atomic E-state index is 0.200. The van der Waals surface area contributed by atoms with Crippen LogP contribution in [-0.4, -0.2) is 22.6 Å². The van der Waals surface area contributed by atoms with Crippen LogP contribution in [0.1, 0.15) is 6.92 Å². The molecule has 2 N–H and O–H groups in total. The second-order valence-corrected chi connectivity index (χ2v) is 4.86. The first-order valence-corrected chi connectivity index (χ1v) is 6.68.